The summed E-state index contributed by atoms with van der Waals surface area (Å²) < 4.78 is 40.3. The third-order valence-electron chi connectivity index (χ3n) is 2.23. The lowest BCUT2D eigenvalue weighted by molar-refractivity contribution is -0.189. The fourth-order valence-electron chi connectivity index (χ4n) is 1.40. The van der Waals surface area contributed by atoms with Crippen LogP contribution < -0.4 is 10.5 Å². The number of nitrogens with zero attached hydrogens (tertiary/aromatic N) is 1. The van der Waals surface area contributed by atoms with Gasteiger partial charge in [0.1, 0.15) is 5.75 Å². The molecule has 100 valence electrons. The quantitative estimate of drug-likeness (QED) is 0.775. The molecule has 0 saturated carbocycles. The molecular formula is C11H7F3N2O3. The Balaban J connectivity index is 2.43. The van der Waals surface area contributed by atoms with Crippen LogP contribution in [0.1, 0.15) is 0 Å². The zero-order valence-electron chi connectivity index (χ0n) is 9.23. The first kappa shape index (κ1) is 12.9. The summed E-state index contributed by atoms with van der Waals surface area (Å²) in [6.07, 6.45) is -5.12. The standard InChI is InChI=1S/C11H7F3N2O3/c12-11(13,14)10(18)19-8-4-5-3-6(17)1-2-7(5)16-9(8)15/h1-4,17H,(H2,15,16). The van der Waals surface area contributed by atoms with Gasteiger partial charge in [-0.3, -0.25) is 0 Å². The van der Waals surface area contributed by atoms with Gasteiger partial charge in [-0.05, 0) is 24.3 Å². The van der Waals surface area contributed by atoms with Crippen molar-refractivity contribution in [2.45, 2.75) is 6.18 Å². The molecule has 0 unspecified atom stereocenters. The fourth-order valence-corrected chi connectivity index (χ4v) is 1.40. The Morgan fingerprint density at radius 1 is 1.32 bits per heavy atom. The molecule has 2 aromatic rings. The number of esters is 1. The van der Waals surface area contributed by atoms with Crippen LogP contribution in [-0.2, 0) is 4.79 Å². The van der Waals surface area contributed by atoms with Gasteiger partial charge in [0.15, 0.2) is 11.6 Å². The first-order chi connectivity index (χ1) is 8.77. The minimum atomic E-state index is -5.12. The molecule has 1 heterocycles. The number of aromatic hydroxyl groups is 1. The predicted octanol–water partition coefficient (Wildman–Crippen LogP) is 1.99. The number of pyridine rings is 1. The molecule has 8 heteroatoms. The molecule has 0 radical (unpaired) electrons. The number of benzene rings is 1. The zero-order valence-corrected chi connectivity index (χ0v) is 9.23. The number of phenolic OH excluding ortho intramolecular Hbond substituents is 1. The fraction of sp³-hybridized carbons (Fsp3) is 0.0909. The average molecular weight is 272 g/mol. The molecule has 2 rings (SSSR count). The van der Waals surface area contributed by atoms with Gasteiger partial charge in [0.05, 0.1) is 5.52 Å². The largest absolute Gasteiger partial charge is 0.508 e. The van der Waals surface area contributed by atoms with E-state index in [2.05, 4.69) is 9.72 Å². The van der Waals surface area contributed by atoms with Crippen LogP contribution in [0.2, 0.25) is 0 Å². The highest BCUT2D eigenvalue weighted by atomic mass is 19.4. The monoisotopic (exact) mass is 272 g/mol. The van der Waals surface area contributed by atoms with Crippen LogP contribution in [0.3, 0.4) is 0 Å². The predicted molar refractivity (Wildman–Crippen MR) is 59.5 cm³/mol. The van der Waals surface area contributed by atoms with Gasteiger partial charge in [0.2, 0.25) is 0 Å². The maximum atomic E-state index is 12.1. The second kappa shape index (κ2) is 4.30. The second-order valence-corrected chi connectivity index (χ2v) is 3.64. The van der Waals surface area contributed by atoms with Gasteiger partial charge >= 0.3 is 12.1 Å². The Morgan fingerprint density at radius 3 is 2.63 bits per heavy atom. The summed E-state index contributed by atoms with van der Waals surface area (Å²) in [5.74, 6) is -3.36. The highest BCUT2D eigenvalue weighted by molar-refractivity contribution is 5.86. The molecule has 0 spiro atoms. The Kier molecular flexibility index (Phi) is 2.93. The van der Waals surface area contributed by atoms with Crippen LogP contribution in [0.15, 0.2) is 24.3 Å². The van der Waals surface area contributed by atoms with E-state index in [9.17, 15) is 23.1 Å². The summed E-state index contributed by atoms with van der Waals surface area (Å²) in [7, 11) is 0. The third kappa shape index (κ3) is 2.67. The van der Waals surface area contributed by atoms with Crippen molar-refractivity contribution in [3.05, 3.63) is 24.3 Å². The zero-order chi connectivity index (χ0) is 14.2. The molecule has 0 aliphatic rings. The molecule has 5 nitrogen and oxygen atoms in total. The SMILES string of the molecule is Nc1nc2ccc(O)cc2cc1OC(=O)C(F)(F)F. The van der Waals surface area contributed by atoms with Crippen molar-refractivity contribution in [1.29, 1.82) is 0 Å². The van der Waals surface area contributed by atoms with Crippen LogP contribution in [0.5, 0.6) is 11.5 Å². The number of carbonyl (C=O) groups excluding carboxylic acids is 1. The number of phenols is 1. The van der Waals surface area contributed by atoms with Crippen molar-refractivity contribution < 1.29 is 27.8 Å². The Labute approximate surface area is 104 Å². The number of fused-ring (bicyclic) bond motifs is 1. The normalized spacial score (nSPS) is 11.5. The van der Waals surface area contributed by atoms with E-state index in [0.717, 1.165) is 6.07 Å². The number of nitrogens with two attached hydrogens (primary N) is 1. The van der Waals surface area contributed by atoms with Crippen molar-refractivity contribution in [2.75, 3.05) is 5.73 Å². The number of hydrogen-bond donors (Lipinski definition) is 2. The van der Waals surface area contributed by atoms with E-state index >= 15 is 0 Å². The van der Waals surface area contributed by atoms with E-state index in [0.29, 0.717) is 10.9 Å². The van der Waals surface area contributed by atoms with Gasteiger partial charge in [0.25, 0.3) is 0 Å². The van der Waals surface area contributed by atoms with Gasteiger partial charge in [-0.2, -0.15) is 13.2 Å². The number of nitrogen functional groups attached to an aromatic ring is 1. The van der Waals surface area contributed by atoms with Crippen LogP contribution >= 0.6 is 0 Å². The van der Waals surface area contributed by atoms with E-state index in [4.69, 9.17) is 5.73 Å². The molecule has 3 N–H and O–H groups in total. The molecule has 1 aromatic carbocycles. The van der Waals surface area contributed by atoms with Crippen molar-refractivity contribution in [1.82, 2.24) is 4.98 Å². The third-order valence-corrected chi connectivity index (χ3v) is 2.23. The minimum absolute atomic E-state index is 0.104. The van der Waals surface area contributed by atoms with Gasteiger partial charge < -0.3 is 15.6 Å². The number of carbonyl (C=O) groups is 1. The van der Waals surface area contributed by atoms with Crippen LogP contribution in [0.4, 0.5) is 19.0 Å². The molecule has 0 aliphatic heterocycles. The van der Waals surface area contributed by atoms with E-state index in [1.807, 2.05) is 0 Å². The summed E-state index contributed by atoms with van der Waals surface area (Å²) in [5, 5.41) is 9.55. The first-order valence-electron chi connectivity index (χ1n) is 4.95. The number of anilines is 1. The van der Waals surface area contributed by atoms with Crippen molar-refractivity contribution in [3.63, 3.8) is 0 Å². The van der Waals surface area contributed by atoms with Gasteiger partial charge in [-0.1, -0.05) is 0 Å². The van der Waals surface area contributed by atoms with E-state index in [1.165, 1.54) is 18.2 Å². The molecule has 0 atom stereocenters. The molecule has 0 aliphatic carbocycles. The summed E-state index contributed by atoms with van der Waals surface area (Å²) >= 11 is 0. The lowest BCUT2D eigenvalue weighted by atomic mass is 10.2. The van der Waals surface area contributed by atoms with Gasteiger partial charge in [-0.25, -0.2) is 9.78 Å². The number of hydrogen-bond acceptors (Lipinski definition) is 5. The smallest absolute Gasteiger partial charge is 0.491 e. The number of aromatic nitrogens is 1. The summed E-state index contributed by atoms with van der Waals surface area (Å²) in [4.78, 5) is 14.5. The van der Waals surface area contributed by atoms with Gasteiger partial charge in [-0.15, -0.1) is 0 Å². The average Bonchev–Trinajstić information content (AvgIpc) is 2.29. The lowest BCUT2D eigenvalue weighted by Gasteiger charge is -2.09. The minimum Gasteiger partial charge on any atom is -0.508 e. The molecule has 0 saturated heterocycles. The van der Waals surface area contributed by atoms with E-state index in [-0.39, 0.29) is 11.6 Å². The first-order valence-corrected chi connectivity index (χ1v) is 4.95. The second-order valence-electron chi connectivity index (χ2n) is 3.64. The molecule has 1 aromatic heterocycles. The van der Waals surface area contributed by atoms with Crippen LogP contribution in [0, 0.1) is 0 Å². The molecule has 0 bridgehead atoms. The molecular weight excluding hydrogens is 265 g/mol. The van der Waals surface area contributed by atoms with Crippen LogP contribution in [-0.4, -0.2) is 22.2 Å². The summed E-state index contributed by atoms with van der Waals surface area (Å²) in [6, 6.07) is 5.13. The highest BCUT2D eigenvalue weighted by Gasteiger charge is 2.41. The van der Waals surface area contributed by atoms with Crippen molar-refractivity contribution in [2.24, 2.45) is 0 Å². The molecule has 0 fully saturated rings. The van der Waals surface area contributed by atoms with E-state index in [1.54, 1.807) is 0 Å². The number of alkyl halides is 3. The van der Waals surface area contributed by atoms with Crippen molar-refractivity contribution in [3.8, 4) is 11.5 Å². The van der Waals surface area contributed by atoms with E-state index < -0.39 is 17.9 Å². The maximum absolute atomic E-state index is 12.1. The summed E-state index contributed by atoms with van der Waals surface area (Å²) in [6.45, 7) is 0. The van der Waals surface area contributed by atoms with Crippen molar-refractivity contribution >= 4 is 22.7 Å². The Bertz CT molecular complexity index is 655. The lowest BCUT2D eigenvalue weighted by Crippen LogP contribution is -2.28. The molecule has 0 amide bonds. The number of halogens is 3. The Morgan fingerprint density at radius 2 is 2.00 bits per heavy atom. The Hall–Kier alpha value is -2.51. The highest BCUT2D eigenvalue weighted by Crippen LogP contribution is 2.29. The maximum Gasteiger partial charge on any atom is 0.491 e. The topological polar surface area (TPSA) is 85.4 Å². The molecule has 19 heavy (non-hydrogen) atoms. The number of ether oxygens (including phenoxy) is 1. The number of rotatable bonds is 1. The van der Waals surface area contributed by atoms with Gasteiger partial charge in [0, 0.05) is 5.39 Å². The summed E-state index contributed by atoms with van der Waals surface area (Å²) in [5.41, 5.74) is 5.75. The van der Waals surface area contributed by atoms with Crippen LogP contribution in [0.25, 0.3) is 10.9 Å².